The van der Waals surface area contributed by atoms with Gasteiger partial charge in [-0.2, -0.15) is 0 Å². The average molecular weight is 702 g/mol. The molecule has 256 valence electrons. The lowest BCUT2D eigenvalue weighted by molar-refractivity contribution is 0.669. The van der Waals surface area contributed by atoms with Crippen molar-refractivity contribution in [2.75, 3.05) is 0 Å². The fourth-order valence-corrected chi connectivity index (χ4v) is 8.07. The molecule has 0 aliphatic heterocycles. The van der Waals surface area contributed by atoms with E-state index in [2.05, 4.69) is 164 Å². The maximum absolute atomic E-state index is 6.55. The Hall–Kier alpha value is -7.43. The zero-order valence-corrected chi connectivity index (χ0v) is 29.6. The molecule has 4 nitrogen and oxygen atoms in total. The summed E-state index contributed by atoms with van der Waals surface area (Å²) in [5.74, 6) is 1.74. The highest BCUT2D eigenvalue weighted by Crippen LogP contribution is 2.41. The molecule has 0 aliphatic rings. The minimum atomic E-state index is 0.553. The van der Waals surface area contributed by atoms with Gasteiger partial charge >= 0.3 is 0 Å². The van der Waals surface area contributed by atoms with E-state index in [1.165, 1.54) is 21.5 Å². The van der Waals surface area contributed by atoms with Crippen molar-refractivity contribution in [1.29, 1.82) is 0 Å². The van der Waals surface area contributed by atoms with Crippen molar-refractivity contribution in [3.8, 4) is 56.4 Å². The van der Waals surface area contributed by atoms with Gasteiger partial charge in [0.2, 0.25) is 0 Å². The second-order valence-electron chi connectivity index (χ2n) is 14.0. The van der Waals surface area contributed by atoms with E-state index in [0.29, 0.717) is 17.5 Å². The van der Waals surface area contributed by atoms with E-state index >= 15 is 0 Å². The number of fused-ring (bicyclic) bond motifs is 6. The Morgan fingerprint density at radius 3 is 1.78 bits per heavy atom. The standard InChI is InChI=1S/C51H31N3O/c1-2-15-35-30-37(27-26-32(35)12-1)42-29-28-34-14-4-6-20-41(34)47(42)51-53-49(38-18-9-17-36(31-38)40-22-10-16-33-13-3-5-19-39(33)40)52-50(54-51)45-24-11-23-44-43-21-7-8-25-46(43)55-48(44)45/h1-31H. The normalized spacial score (nSPS) is 11.6. The molecule has 11 aromatic rings. The maximum Gasteiger partial charge on any atom is 0.167 e. The second-order valence-corrected chi connectivity index (χ2v) is 14.0. The highest BCUT2D eigenvalue weighted by Gasteiger charge is 2.21. The maximum atomic E-state index is 6.55. The molecule has 2 heterocycles. The predicted molar refractivity (Wildman–Crippen MR) is 227 cm³/mol. The molecular weight excluding hydrogens is 671 g/mol. The SMILES string of the molecule is c1cc(-c2nc(-c3c(-c4ccc5ccccc5c4)ccc4ccccc34)nc(-c3cccc4c3oc3ccccc34)n2)cc(-c2cccc3ccccc23)c1. The van der Waals surface area contributed by atoms with Crippen LogP contribution < -0.4 is 0 Å². The Morgan fingerprint density at radius 2 is 0.891 bits per heavy atom. The molecule has 9 aromatic carbocycles. The van der Waals surface area contributed by atoms with Gasteiger partial charge in [-0.15, -0.1) is 0 Å². The number of hydrogen-bond acceptors (Lipinski definition) is 4. The minimum Gasteiger partial charge on any atom is -0.455 e. The lowest BCUT2D eigenvalue weighted by atomic mass is 9.92. The van der Waals surface area contributed by atoms with Crippen LogP contribution in [-0.4, -0.2) is 15.0 Å². The van der Waals surface area contributed by atoms with Crippen molar-refractivity contribution in [1.82, 2.24) is 15.0 Å². The number of benzene rings is 9. The van der Waals surface area contributed by atoms with E-state index in [4.69, 9.17) is 19.4 Å². The number of para-hydroxylation sites is 2. The van der Waals surface area contributed by atoms with E-state index in [9.17, 15) is 0 Å². The summed E-state index contributed by atoms with van der Waals surface area (Å²) in [6.45, 7) is 0. The van der Waals surface area contributed by atoms with Gasteiger partial charge in [-0.3, -0.25) is 0 Å². The molecule has 0 bridgehead atoms. The summed E-state index contributed by atoms with van der Waals surface area (Å²) in [6.07, 6.45) is 0. The molecule has 0 saturated heterocycles. The summed E-state index contributed by atoms with van der Waals surface area (Å²) in [4.78, 5) is 16.0. The lowest BCUT2D eigenvalue weighted by Gasteiger charge is -2.16. The predicted octanol–water partition coefficient (Wildman–Crippen LogP) is 13.6. The Kier molecular flexibility index (Phi) is 7.14. The minimum absolute atomic E-state index is 0.553. The van der Waals surface area contributed by atoms with Crippen LogP contribution in [0.1, 0.15) is 0 Å². The topological polar surface area (TPSA) is 51.8 Å². The summed E-state index contributed by atoms with van der Waals surface area (Å²) in [6, 6.07) is 65.8. The number of furan rings is 1. The molecule has 55 heavy (non-hydrogen) atoms. The van der Waals surface area contributed by atoms with E-state index in [0.717, 1.165) is 71.7 Å². The lowest BCUT2D eigenvalue weighted by Crippen LogP contribution is -2.02. The number of nitrogens with zero attached hydrogens (tertiary/aromatic N) is 3. The van der Waals surface area contributed by atoms with Gasteiger partial charge in [0, 0.05) is 21.9 Å². The first-order chi connectivity index (χ1) is 27.2. The number of hydrogen-bond donors (Lipinski definition) is 0. The van der Waals surface area contributed by atoms with Crippen molar-refractivity contribution in [2.24, 2.45) is 0 Å². The molecule has 0 saturated carbocycles. The molecule has 0 amide bonds. The van der Waals surface area contributed by atoms with E-state index in [-0.39, 0.29) is 0 Å². The van der Waals surface area contributed by atoms with Crippen LogP contribution >= 0.6 is 0 Å². The Morgan fingerprint density at radius 1 is 0.309 bits per heavy atom. The fraction of sp³-hybridized carbons (Fsp3) is 0. The average Bonchev–Trinajstić information content (AvgIpc) is 3.64. The van der Waals surface area contributed by atoms with Gasteiger partial charge in [0.25, 0.3) is 0 Å². The first kappa shape index (κ1) is 31.1. The molecule has 0 spiro atoms. The summed E-state index contributed by atoms with van der Waals surface area (Å²) in [5.41, 5.74) is 8.67. The summed E-state index contributed by atoms with van der Waals surface area (Å²) >= 11 is 0. The molecule has 4 heteroatoms. The molecule has 0 aliphatic carbocycles. The number of aromatic nitrogens is 3. The monoisotopic (exact) mass is 701 g/mol. The van der Waals surface area contributed by atoms with Crippen LogP contribution in [0.2, 0.25) is 0 Å². The van der Waals surface area contributed by atoms with Gasteiger partial charge in [-0.25, -0.2) is 15.0 Å². The van der Waals surface area contributed by atoms with Gasteiger partial charge in [-0.05, 0) is 78.8 Å². The largest absolute Gasteiger partial charge is 0.455 e. The highest BCUT2D eigenvalue weighted by atomic mass is 16.3. The summed E-state index contributed by atoms with van der Waals surface area (Å²) in [5, 5.41) is 9.05. The third kappa shape index (κ3) is 5.26. The molecule has 0 radical (unpaired) electrons. The van der Waals surface area contributed by atoms with Crippen LogP contribution in [0.25, 0.3) is 111 Å². The van der Waals surface area contributed by atoms with Crippen LogP contribution in [0.5, 0.6) is 0 Å². The molecule has 0 unspecified atom stereocenters. The molecule has 2 aromatic heterocycles. The fourth-order valence-electron chi connectivity index (χ4n) is 8.07. The van der Waals surface area contributed by atoms with Gasteiger partial charge in [0.1, 0.15) is 11.2 Å². The molecular formula is C51H31N3O. The van der Waals surface area contributed by atoms with Crippen molar-refractivity contribution in [3.63, 3.8) is 0 Å². The third-order valence-electron chi connectivity index (χ3n) is 10.7. The van der Waals surface area contributed by atoms with Crippen LogP contribution in [-0.2, 0) is 0 Å². The molecule has 0 fully saturated rings. The summed E-state index contributed by atoms with van der Waals surface area (Å²) < 4.78 is 6.55. The van der Waals surface area contributed by atoms with E-state index < -0.39 is 0 Å². The van der Waals surface area contributed by atoms with Crippen LogP contribution in [0.4, 0.5) is 0 Å². The van der Waals surface area contributed by atoms with Gasteiger partial charge in [0.15, 0.2) is 17.5 Å². The Bertz CT molecular complexity index is 3280. The zero-order valence-electron chi connectivity index (χ0n) is 29.6. The first-order valence-corrected chi connectivity index (χ1v) is 18.5. The Labute approximate surface area is 317 Å². The van der Waals surface area contributed by atoms with Crippen LogP contribution in [0.3, 0.4) is 0 Å². The second kappa shape index (κ2) is 12.6. The number of rotatable bonds is 5. The summed E-state index contributed by atoms with van der Waals surface area (Å²) in [7, 11) is 0. The quantitative estimate of drug-likeness (QED) is 0.179. The van der Waals surface area contributed by atoms with Crippen LogP contribution in [0, 0.1) is 0 Å². The molecule has 0 atom stereocenters. The van der Waals surface area contributed by atoms with Crippen LogP contribution in [0.15, 0.2) is 192 Å². The van der Waals surface area contributed by atoms with Gasteiger partial charge in [-0.1, -0.05) is 164 Å². The molecule has 0 N–H and O–H groups in total. The highest BCUT2D eigenvalue weighted by molar-refractivity contribution is 6.09. The van der Waals surface area contributed by atoms with Gasteiger partial charge in [0.05, 0.1) is 5.56 Å². The first-order valence-electron chi connectivity index (χ1n) is 18.5. The van der Waals surface area contributed by atoms with Gasteiger partial charge < -0.3 is 4.42 Å². The zero-order chi connectivity index (χ0) is 36.3. The van der Waals surface area contributed by atoms with E-state index in [1.807, 2.05) is 24.3 Å². The van der Waals surface area contributed by atoms with E-state index in [1.54, 1.807) is 0 Å². The smallest absolute Gasteiger partial charge is 0.167 e. The van der Waals surface area contributed by atoms with Crippen molar-refractivity contribution in [3.05, 3.63) is 188 Å². The van der Waals surface area contributed by atoms with Crippen molar-refractivity contribution < 1.29 is 4.42 Å². The third-order valence-corrected chi connectivity index (χ3v) is 10.7. The Balaban J connectivity index is 1.19. The van der Waals surface area contributed by atoms with Crippen molar-refractivity contribution >= 4 is 54.3 Å². The van der Waals surface area contributed by atoms with Crippen molar-refractivity contribution in [2.45, 2.75) is 0 Å². The molecule has 11 rings (SSSR count).